The van der Waals surface area contributed by atoms with Crippen LogP contribution in [0.3, 0.4) is 0 Å². The summed E-state index contributed by atoms with van der Waals surface area (Å²) < 4.78 is 46.6. The fourth-order valence-electron chi connectivity index (χ4n) is 2.25. The number of rotatable bonds is 4. The molecule has 3 aromatic carbocycles. The maximum absolute atomic E-state index is 14.1. The lowest BCUT2D eigenvalue weighted by Crippen LogP contribution is -1.98. The lowest BCUT2D eigenvalue weighted by atomic mass is 10.0. The fraction of sp³-hybridized carbons (Fsp3) is 0.0526. The summed E-state index contributed by atoms with van der Waals surface area (Å²) in [6, 6.07) is 17.2. The summed E-state index contributed by atoms with van der Waals surface area (Å²) in [4.78, 5) is 0. The first-order valence-electron chi connectivity index (χ1n) is 7.06. The maximum Gasteiger partial charge on any atom is 0.166 e. The van der Waals surface area contributed by atoms with Crippen molar-refractivity contribution in [2.75, 3.05) is 0 Å². The van der Waals surface area contributed by atoms with Crippen molar-refractivity contribution in [3.63, 3.8) is 0 Å². The lowest BCUT2D eigenvalue weighted by Gasteiger charge is -2.10. The zero-order valence-corrected chi connectivity index (χ0v) is 12.1. The van der Waals surface area contributed by atoms with Gasteiger partial charge in [0.2, 0.25) is 0 Å². The second-order valence-electron chi connectivity index (χ2n) is 5.02. The molecular weight excluding hydrogens is 301 g/mol. The van der Waals surface area contributed by atoms with Crippen molar-refractivity contribution in [2.24, 2.45) is 0 Å². The van der Waals surface area contributed by atoms with Crippen LogP contribution in [0.4, 0.5) is 13.2 Å². The van der Waals surface area contributed by atoms with Crippen molar-refractivity contribution in [3.05, 3.63) is 89.7 Å². The summed E-state index contributed by atoms with van der Waals surface area (Å²) in [5, 5.41) is 0. The molecule has 0 spiro atoms. The first-order valence-corrected chi connectivity index (χ1v) is 7.06. The van der Waals surface area contributed by atoms with Crippen LogP contribution in [0.15, 0.2) is 66.7 Å². The summed E-state index contributed by atoms with van der Waals surface area (Å²) in [7, 11) is 0. The predicted octanol–water partition coefficient (Wildman–Crippen LogP) is 5.35. The van der Waals surface area contributed by atoms with Crippen molar-refractivity contribution < 1.29 is 17.9 Å². The normalized spacial score (nSPS) is 10.6. The maximum atomic E-state index is 14.1. The van der Waals surface area contributed by atoms with E-state index in [2.05, 4.69) is 0 Å². The molecule has 1 nitrogen and oxygen atoms in total. The number of halogens is 3. The van der Waals surface area contributed by atoms with E-state index in [0.29, 0.717) is 0 Å². The molecule has 0 bridgehead atoms. The zero-order valence-electron chi connectivity index (χ0n) is 12.1. The second-order valence-corrected chi connectivity index (χ2v) is 5.02. The van der Waals surface area contributed by atoms with E-state index in [9.17, 15) is 13.2 Å². The molecule has 0 aliphatic rings. The number of hydrogen-bond donors (Lipinski definition) is 0. The molecule has 0 saturated heterocycles. The molecule has 3 aromatic rings. The van der Waals surface area contributed by atoms with E-state index >= 15 is 0 Å². The molecule has 0 amide bonds. The summed E-state index contributed by atoms with van der Waals surface area (Å²) in [6.45, 7) is 0.228. The molecule has 0 aliphatic heterocycles. The average Bonchev–Trinajstić information content (AvgIpc) is 2.57. The van der Waals surface area contributed by atoms with Crippen molar-refractivity contribution in [3.8, 4) is 16.9 Å². The van der Waals surface area contributed by atoms with Crippen molar-refractivity contribution >= 4 is 0 Å². The van der Waals surface area contributed by atoms with Crippen LogP contribution < -0.4 is 4.74 Å². The minimum Gasteiger partial charge on any atom is -0.486 e. The molecule has 4 heteroatoms. The third kappa shape index (κ3) is 3.37. The Morgan fingerprint density at radius 3 is 2.26 bits per heavy atom. The Balaban J connectivity index is 1.82. The topological polar surface area (TPSA) is 9.23 Å². The van der Waals surface area contributed by atoms with Crippen LogP contribution in [0.5, 0.6) is 5.75 Å². The van der Waals surface area contributed by atoms with E-state index < -0.39 is 17.5 Å². The lowest BCUT2D eigenvalue weighted by molar-refractivity contribution is 0.290. The van der Waals surface area contributed by atoms with E-state index in [1.54, 1.807) is 0 Å². The Labute approximate surface area is 132 Å². The third-order valence-corrected chi connectivity index (χ3v) is 3.43. The molecule has 3 rings (SSSR count). The Kier molecular flexibility index (Phi) is 4.33. The van der Waals surface area contributed by atoms with Crippen molar-refractivity contribution in [2.45, 2.75) is 6.61 Å². The largest absolute Gasteiger partial charge is 0.486 e. The van der Waals surface area contributed by atoms with Gasteiger partial charge in [-0.05, 0) is 29.3 Å². The molecular formula is C19H13F3O. The Hall–Kier alpha value is -2.75. The van der Waals surface area contributed by atoms with Gasteiger partial charge in [0.1, 0.15) is 6.61 Å². The number of benzene rings is 3. The number of hydrogen-bond acceptors (Lipinski definition) is 1. The monoisotopic (exact) mass is 314 g/mol. The van der Waals surface area contributed by atoms with E-state index in [1.165, 1.54) is 24.3 Å². The Bertz CT molecular complexity index is 816. The molecule has 0 aliphatic carbocycles. The Morgan fingerprint density at radius 1 is 0.739 bits per heavy atom. The highest BCUT2D eigenvalue weighted by Crippen LogP contribution is 2.28. The molecule has 0 atom stereocenters. The molecule has 23 heavy (non-hydrogen) atoms. The van der Waals surface area contributed by atoms with Gasteiger partial charge < -0.3 is 4.74 Å². The molecule has 0 N–H and O–H groups in total. The molecule has 116 valence electrons. The van der Waals surface area contributed by atoms with Gasteiger partial charge in [0.25, 0.3) is 0 Å². The fourth-order valence-corrected chi connectivity index (χ4v) is 2.25. The SMILES string of the molecule is Fc1cc(-c2cccc(F)c2F)ccc1OCc1ccccc1. The van der Waals surface area contributed by atoms with Crippen molar-refractivity contribution in [1.82, 2.24) is 0 Å². The van der Waals surface area contributed by atoms with Crippen LogP contribution in [0.1, 0.15) is 5.56 Å². The van der Waals surface area contributed by atoms with Crippen LogP contribution in [0.25, 0.3) is 11.1 Å². The summed E-state index contributed by atoms with van der Waals surface area (Å²) in [6.07, 6.45) is 0. The van der Waals surface area contributed by atoms with Gasteiger partial charge in [-0.2, -0.15) is 0 Å². The molecule has 0 saturated carbocycles. The van der Waals surface area contributed by atoms with Crippen LogP contribution in [0.2, 0.25) is 0 Å². The highest BCUT2D eigenvalue weighted by Gasteiger charge is 2.12. The molecule has 0 unspecified atom stereocenters. The van der Waals surface area contributed by atoms with Gasteiger partial charge in [-0.3, -0.25) is 0 Å². The summed E-state index contributed by atoms with van der Waals surface area (Å²) >= 11 is 0. The third-order valence-electron chi connectivity index (χ3n) is 3.43. The molecule has 0 radical (unpaired) electrons. The molecule has 0 heterocycles. The van der Waals surface area contributed by atoms with Gasteiger partial charge >= 0.3 is 0 Å². The standard InChI is InChI=1S/C19H13F3O/c20-16-8-4-7-15(19(16)22)14-9-10-18(17(21)11-14)23-12-13-5-2-1-3-6-13/h1-11H,12H2. The van der Waals surface area contributed by atoms with Gasteiger partial charge in [-0.1, -0.05) is 48.5 Å². The van der Waals surface area contributed by atoms with Crippen LogP contribution >= 0.6 is 0 Å². The minimum absolute atomic E-state index is 0.0125. The second kappa shape index (κ2) is 6.57. The van der Waals surface area contributed by atoms with Gasteiger partial charge in [-0.15, -0.1) is 0 Å². The van der Waals surface area contributed by atoms with Gasteiger partial charge in [-0.25, -0.2) is 13.2 Å². The smallest absolute Gasteiger partial charge is 0.166 e. The first kappa shape index (κ1) is 15.2. The minimum atomic E-state index is -0.996. The predicted molar refractivity (Wildman–Crippen MR) is 82.5 cm³/mol. The highest BCUT2D eigenvalue weighted by atomic mass is 19.2. The van der Waals surface area contributed by atoms with E-state index in [-0.39, 0.29) is 23.5 Å². The average molecular weight is 314 g/mol. The van der Waals surface area contributed by atoms with E-state index in [1.807, 2.05) is 30.3 Å². The number of ether oxygens (including phenoxy) is 1. The van der Waals surface area contributed by atoms with Gasteiger partial charge in [0.15, 0.2) is 23.2 Å². The van der Waals surface area contributed by atoms with Crippen LogP contribution in [-0.4, -0.2) is 0 Å². The summed E-state index contributed by atoms with van der Waals surface area (Å²) in [5.74, 6) is -2.52. The first-order chi connectivity index (χ1) is 11.1. The van der Waals surface area contributed by atoms with Gasteiger partial charge in [0, 0.05) is 5.56 Å². The molecule has 0 fully saturated rings. The molecule has 0 aromatic heterocycles. The Morgan fingerprint density at radius 2 is 1.52 bits per heavy atom. The quantitative estimate of drug-likeness (QED) is 0.631. The summed E-state index contributed by atoms with van der Waals surface area (Å²) in [5.41, 5.74) is 1.18. The van der Waals surface area contributed by atoms with Crippen LogP contribution in [0, 0.1) is 17.5 Å². The van der Waals surface area contributed by atoms with E-state index in [0.717, 1.165) is 17.7 Å². The highest BCUT2D eigenvalue weighted by molar-refractivity contribution is 5.65. The van der Waals surface area contributed by atoms with E-state index in [4.69, 9.17) is 4.74 Å². The van der Waals surface area contributed by atoms with Crippen molar-refractivity contribution in [1.29, 1.82) is 0 Å². The zero-order chi connectivity index (χ0) is 16.2. The van der Waals surface area contributed by atoms with Gasteiger partial charge in [0.05, 0.1) is 0 Å². The van der Waals surface area contributed by atoms with Crippen LogP contribution in [-0.2, 0) is 6.61 Å².